The van der Waals surface area contributed by atoms with Gasteiger partial charge in [-0.1, -0.05) is 42.5 Å². The minimum atomic E-state index is -0.449. The summed E-state index contributed by atoms with van der Waals surface area (Å²) in [5, 5.41) is 0. The Kier molecular flexibility index (Phi) is 5.01. The van der Waals surface area contributed by atoms with Gasteiger partial charge >= 0.3 is 0 Å². The van der Waals surface area contributed by atoms with E-state index in [0.29, 0.717) is 19.0 Å². The van der Waals surface area contributed by atoms with Crippen LogP contribution in [0.25, 0.3) is 11.4 Å². The first-order valence-corrected chi connectivity index (χ1v) is 9.33. The summed E-state index contributed by atoms with van der Waals surface area (Å²) in [5.74, 6) is 0.793. The summed E-state index contributed by atoms with van der Waals surface area (Å²) in [5.41, 5.74) is 1.27. The first kappa shape index (κ1) is 17.5. The number of carbonyl (C=O) groups excluding carboxylic acids is 1. The van der Waals surface area contributed by atoms with Crippen LogP contribution in [-0.4, -0.2) is 33.4 Å². The van der Waals surface area contributed by atoms with Crippen LogP contribution < -0.4 is 0 Å². The summed E-state index contributed by atoms with van der Waals surface area (Å²) in [6.45, 7) is 2.20. The summed E-state index contributed by atoms with van der Waals surface area (Å²) < 4.78 is 16.1. The average Bonchev–Trinajstić information content (AvgIpc) is 3.17. The molecule has 0 atom stereocenters. The molecule has 0 unspecified atom stereocenters. The fraction of sp³-hybridized carbons (Fsp3) is 0.273. The van der Waals surface area contributed by atoms with Crippen LogP contribution in [0.3, 0.4) is 0 Å². The first-order valence-electron chi connectivity index (χ1n) is 9.33. The number of benzene rings is 2. The highest BCUT2D eigenvalue weighted by Crippen LogP contribution is 2.24. The monoisotopic (exact) mass is 363 g/mol. The van der Waals surface area contributed by atoms with E-state index in [0.717, 1.165) is 30.8 Å². The van der Waals surface area contributed by atoms with Gasteiger partial charge in [-0.25, -0.2) is 9.37 Å². The minimum Gasteiger partial charge on any atom is -0.339 e. The van der Waals surface area contributed by atoms with E-state index in [9.17, 15) is 9.18 Å². The summed E-state index contributed by atoms with van der Waals surface area (Å²) in [6, 6.07) is 16.4. The van der Waals surface area contributed by atoms with Gasteiger partial charge in [-0.2, -0.15) is 0 Å². The second kappa shape index (κ2) is 7.74. The summed E-state index contributed by atoms with van der Waals surface area (Å²) in [7, 11) is 0. The number of imidazole rings is 1. The SMILES string of the molecule is O=C(c1ccccc1F)N1CCC(Cn2ccnc2-c2ccccc2)CC1. The van der Waals surface area contributed by atoms with Crippen molar-refractivity contribution >= 4 is 5.91 Å². The van der Waals surface area contributed by atoms with Gasteiger partial charge in [0.1, 0.15) is 11.6 Å². The Morgan fingerprint density at radius 1 is 1.04 bits per heavy atom. The highest BCUT2D eigenvalue weighted by atomic mass is 19.1. The van der Waals surface area contributed by atoms with Crippen molar-refractivity contribution in [3.8, 4) is 11.4 Å². The third-order valence-corrected chi connectivity index (χ3v) is 5.21. The highest BCUT2D eigenvalue weighted by molar-refractivity contribution is 5.94. The third-order valence-electron chi connectivity index (χ3n) is 5.21. The second-order valence-electron chi connectivity index (χ2n) is 6.98. The maximum Gasteiger partial charge on any atom is 0.256 e. The lowest BCUT2D eigenvalue weighted by molar-refractivity contribution is 0.0678. The second-order valence-corrected chi connectivity index (χ2v) is 6.98. The quantitative estimate of drug-likeness (QED) is 0.695. The molecule has 3 aromatic rings. The van der Waals surface area contributed by atoms with Gasteiger partial charge in [0, 0.05) is 37.6 Å². The van der Waals surface area contributed by atoms with Crippen LogP contribution in [0.1, 0.15) is 23.2 Å². The molecule has 0 saturated carbocycles. The Balaban J connectivity index is 1.39. The van der Waals surface area contributed by atoms with E-state index in [2.05, 4.69) is 21.7 Å². The van der Waals surface area contributed by atoms with Crippen LogP contribution in [0, 0.1) is 11.7 Å². The Labute approximate surface area is 158 Å². The van der Waals surface area contributed by atoms with Gasteiger partial charge in [-0.05, 0) is 30.9 Å². The fourth-order valence-electron chi connectivity index (χ4n) is 3.71. The predicted octanol–water partition coefficient (Wildman–Crippen LogP) is 4.24. The number of likely N-dealkylation sites (tertiary alicyclic amines) is 1. The average molecular weight is 363 g/mol. The first-order chi connectivity index (χ1) is 13.2. The van der Waals surface area contributed by atoms with Crippen molar-refractivity contribution in [2.24, 2.45) is 5.92 Å². The molecule has 0 spiro atoms. The number of piperidine rings is 1. The number of hydrogen-bond donors (Lipinski definition) is 0. The number of carbonyl (C=O) groups is 1. The molecule has 0 aliphatic carbocycles. The molecule has 1 saturated heterocycles. The number of nitrogens with zero attached hydrogens (tertiary/aromatic N) is 3. The molecule has 0 N–H and O–H groups in total. The van der Waals surface area contributed by atoms with Gasteiger partial charge < -0.3 is 9.47 Å². The Morgan fingerprint density at radius 2 is 1.74 bits per heavy atom. The summed E-state index contributed by atoms with van der Waals surface area (Å²) >= 11 is 0. The van der Waals surface area contributed by atoms with E-state index < -0.39 is 5.82 Å². The molecule has 2 heterocycles. The van der Waals surface area contributed by atoms with Crippen LogP contribution in [0.2, 0.25) is 0 Å². The van der Waals surface area contributed by atoms with E-state index >= 15 is 0 Å². The van der Waals surface area contributed by atoms with Crippen molar-refractivity contribution in [2.75, 3.05) is 13.1 Å². The summed E-state index contributed by atoms with van der Waals surface area (Å²) in [6.07, 6.45) is 5.66. The van der Waals surface area contributed by atoms with Crippen molar-refractivity contribution in [3.05, 3.63) is 78.4 Å². The molecule has 4 nitrogen and oxygen atoms in total. The van der Waals surface area contributed by atoms with Crippen LogP contribution >= 0.6 is 0 Å². The number of aromatic nitrogens is 2. The highest BCUT2D eigenvalue weighted by Gasteiger charge is 2.25. The maximum atomic E-state index is 13.9. The van der Waals surface area contributed by atoms with Gasteiger partial charge in [0.2, 0.25) is 0 Å². The van der Waals surface area contributed by atoms with Crippen LogP contribution in [0.15, 0.2) is 67.0 Å². The van der Waals surface area contributed by atoms with Crippen LogP contribution in [0.4, 0.5) is 4.39 Å². The number of amides is 1. The van der Waals surface area contributed by atoms with E-state index in [1.807, 2.05) is 30.6 Å². The predicted molar refractivity (Wildman–Crippen MR) is 103 cm³/mol. The van der Waals surface area contributed by atoms with Crippen LogP contribution in [0.5, 0.6) is 0 Å². The molecule has 1 fully saturated rings. The van der Waals surface area contributed by atoms with Crippen molar-refractivity contribution in [1.29, 1.82) is 0 Å². The molecule has 2 aromatic carbocycles. The van der Waals surface area contributed by atoms with Gasteiger partial charge in [0.15, 0.2) is 0 Å². The molecule has 138 valence electrons. The Bertz CT molecular complexity index is 914. The molecule has 27 heavy (non-hydrogen) atoms. The lowest BCUT2D eigenvalue weighted by Crippen LogP contribution is -2.39. The largest absolute Gasteiger partial charge is 0.339 e. The molecule has 4 rings (SSSR count). The lowest BCUT2D eigenvalue weighted by Gasteiger charge is -2.32. The molecular formula is C22H22FN3O. The molecule has 0 radical (unpaired) electrons. The zero-order valence-corrected chi connectivity index (χ0v) is 15.1. The summed E-state index contributed by atoms with van der Waals surface area (Å²) in [4.78, 5) is 18.8. The zero-order valence-electron chi connectivity index (χ0n) is 15.1. The molecule has 0 bridgehead atoms. The lowest BCUT2D eigenvalue weighted by atomic mass is 9.96. The topological polar surface area (TPSA) is 38.1 Å². The molecular weight excluding hydrogens is 341 g/mol. The van der Waals surface area contributed by atoms with Gasteiger partial charge in [-0.3, -0.25) is 4.79 Å². The number of halogens is 1. The van der Waals surface area contributed by atoms with Gasteiger partial charge in [-0.15, -0.1) is 0 Å². The van der Waals surface area contributed by atoms with E-state index in [1.165, 1.54) is 6.07 Å². The fourth-order valence-corrected chi connectivity index (χ4v) is 3.71. The minimum absolute atomic E-state index is 0.164. The normalized spacial score (nSPS) is 15.1. The van der Waals surface area contributed by atoms with Crippen LogP contribution in [-0.2, 0) is 6.54 Å². The third kappa shape index (κ3) is 3.77. The van der Waals surface area contributed by atoms with Crippen molar-refractivity contribution < 1.29 is 9.18 Å². The van der Waals surface area contributed by atoms with Crippen molar-refractivity contribution in [3.63, 3.8) is 0 Å². The Hall–Kier alpha value is -2.95. The van der Waals surface area contributed by atoms with Gasteiger partial charge in [0.05, 0.1) is 5.56 Å². The smallest absolute Gasteiger partial charge is 0.256 e. The number of rotatable bonds is 4. The van der Waals surface area contributed by atoms with Crippen molar-refractivity contribution in [2.45, 2.75) is 19.4 Å². The molecule has 1 amide bonds. The van der Waals surface area contributed by atoms with Crippen molar-refractivity contribution in [1.82, 2.24) is 14.5 Å². The van der Waals surface area contributed by atoms with E-state index in [1.54, 1.807) is 23.1 Å². The molecule has 1 aliphatic rings. The maximum absolute atomic E-state index is 13.9. The Morgan fingerprint density at radius 3 is 2.48 bits per heavy atom. The van der Waals surface area contributed by atoms with Gasteiger partial charge in [0.25, 0.3) is 5.91 Å². The zero-order chi connectivity index (χ0) is 18.6. The number of hydrogen-bond acceptors (Lipinski definition) is 2. The standard InChI is InChI=1S/C22H22FN3O/c23-20-9-5-4-8-19(20)22(27)25-13-10-17(11-14-25)16-26-15-12-24-21(26)18-6-2-1-3-7-18/h1-9,12,15,17H,10-11,13-14,16H2. The van der Waals surface area contributed by atoms with E-state index in [-0.39, 0.29) is 11.5 Å². The molecule has 1 aromatic heterocycles. The van der Waals surface area contributed by atoms with E-state index in [4.69, 9.17) is 0 Å². The molecule has 5 heteroatoms. The molecule has 1 aliphatic heterocycles.